The van der Waals surface area contributed by atoms with Gasteiger partial charge in [-0.3, -0.25) is 14.4 Å². The van der Waals surface area contributed by atoms with Crippen molar-refractivity contribution in [3.8, 4) is 0 Å². The summed E-state index contributed by atoms with van der Waals surface area (Å²) in [6.45, 7) is 4.58. The van der Waals surface area contributed by atoms with Crippen LogP contribution in [-0.4, -0.2) is 53.8 Å². The van der Waals surface area contributed by atoms with Gasteiger partial charge in [-0.15, -0.1) is 0 Å². The lowest BCUT2D eigenvalue weighted by Gasteiger charge is -2.28. The maximum atomic E-state index is 13.0. The van der Waals surface area contributed by atoms with Crippen molar-refractivity contribution in [1.82, 2.24) is 10.2 Å². The Morgan fingerprint density at radius 1 is 1.21 bits per heavy atom. The van der Waals surface area contributed by atoms with Gasteiger partial charge >= 0.3 is 0 Å². The van der Waals surface area contributed by atoms with E-state index in [1.807, 2.05) is 19.9 Å². The van der Waals surface area contributed by atoms with E-state index >= 15 is 0 Å². The van der Waals surface area contributed by atoms with E-state index in [2.05, 4.69) is 5.32 Å². The fourth-order valence-corrected chi connectivity index (χ4v) is 3.57. The van der Waals surface area contributed by atoms with Gasteiger partial charge in [-0.1, -0.05) is 39.5 Å². The molecule has 0 aromatic heterocycles. The molecule has 0 unspecified atom stereocenters. The fraction of sp³-hybridized carbons (Fsp3) is 0.550. The topological polar surface area (TPSA) is 75.7 Å². The zero-order valence-electron chi connectivity index (χ0n) is 15.6. The molecule has 2 heterocycles. The molecule has 0 radical (unpaired) electrons. The number of likely N-dealkylation sites (tertiary alicyclic amines) is 1. The van der Waals surface area contributed by atoms with E-state index in [9.17, 15) is 14.4 Å². The number of hydrogen-bond acceptors (Lipinski definition) is 4. The molecule has 0 bridgehead atoms. The Kier molecular flexibility index (Phi) is 10.9. The summed E-state index contributed by atoms with van der Waals surface area (Å²) >= 11 is 0. The molecule has 1 aromatic rings. The highest BCUT2D eigenvalue weighted by Crippen LogP contribution is 2.28. The Balaban J connectivity index is 0.00000243. The fourth-order valence-electron chi connectivity index (χ4n) is 3.57. The monoisotopic (exact) mass is 428 g/mol. The van der Waals surface area contributed by atoms with E-state index in [4.69, 9.17) is 4.74 Å². The molecule has 2 saturated heterocycles. The molecule has 0 saturated carbocycles. The Morgan fingerprint density at radius 2 is 1.86 bits per heavy atom. The van der Waals surface area contributed by atoms with E-state index in [0.29, 0.717) is 24.9 Å². The number of nitrogens with zero attached hydrogens (tertiary/aromatic N) is 1. The largest absolute Gasteiger partial charge is 0.368 e. The first-order valence-electron chi connectivity index (χ1n) is 8.78. The molecule has 6 nitrogen and oxygen atoms in total. The van der Waals surface area contributed by atoms with Crippen molar-refractivity contribution >= 4 is 44.6 Å². The second-order valence-corrected chi connectivity index (χ2v) is 7.10. The van der Waals surface area contributed by atoms with Crippen LogP contribution in [0.15, 0.2) is 30.3 Å². The third-order valence-electron chi connectivity index (χ3n) is 4.74. The summed E-state index contributed by atoms with van der Waals surface area (Å²) in [7, 11) is 0. The molecule has 2 fully saturated rings. The number of carbonyl (C=O) groups is 3. The van der Waals surface area contributed by atoms with Gasteiger partial charge in [-0.05, 0) is 30.9 Å². The van der Waals surface area contributed by atoms with Crippen LogP contribution in [0.3, 0.4) is 0 Å². The number of ketones is 1. The summed E-state index contributed by atoms with van der Waals surface area (Å²) in [5.74, 6) is -0.277. The van der Waals surface area contributed by atoms with Crippen LogP contribution >= 0.6 is 27.0 Å². The maximum absolute atomic E-state index is 13.0. The first-order chi connectivity index (χ1) is 12.0. The summed E-state index contributed by atoms with van der Waals surface area (Å²) in [6.07, 6.45) is 1.00. The molecular formula is C20H32N2O4S2. The smallest absolute Gasteiger partial charge is 0.251 e. The number of fused-ring (bicyclic) bond motifs is 1. The third-order valence-corrected chi connectivity index (χ3v) is 4.74. The molecule has 8 heteroatoms. The number of benzene rings is 1. The second kappa shape index (κ2) is 11.5. The molecule has 1 aromatic carbocycles. The van der Waals surface area contributed by atoms with Crippen molar-refractivity contribution in [3.63, 3.8) is 0 Å². The Morgan fingerprint density at radius 3 is 2.46 bits per heavy atom. The van der Waals surface area contributed by atoms with Gasteiger partial charge in [0, 0.05) is 12.1 Å². The number of ether oxygens (including phenoxy) is 1. The van der Waals surface area contributed by atoms with Crippen molar-refractivity contribution in [1.29, 1.82) is 0 Å². The Labute approximate surface area is 181 Å². The Hall–Kier alpha value is -1.51. The summed E-state index contributed by atoms with van der Waals surface area (Å²) in [5, 5.41) is 2.85. The van der Waals surface area contributed by atoms with Gasteiger partial charge in [0.2, 0.25) is 5.91 Å². The van der Waals surface area contributed by atoms with E-state index in [1.165, 1.54) is 0 Å². The van der Waals surface area contributed by atoms with Gasteiger partial charge in [-0.25, -0.2) is 0 Å². The van der Waals surface area contributed by atoms with Crippen LogP contribution in [0.4, 0.5) is 0 Å². The molecule has 2 aliphatic heterocycles. The molecule has 0 aliphatic carbocycles. The number of nitrogens with one attached hydrogen (secondary N) is 1. The standard InChI is InChI=1S/C19H24N2O4.CH4.2H2S/c1-12(2)10-14(20-18(23)13-6-4-3-5-7-13)19(24)21-9-8-16-17(21)15(22)11-25-16;;;/h3-7,12,14,16-17H,8-11H2,1-2H3,(H,20,23);1H4;2*1H2/t14-,16+,17+;;;/m0.../s1. The first kappa shape index (κ1) is 26.5. The highest BCUT2D eigenvalue weighted by molar-refractivity contribution is 7.59. The molecule has 0 spiro atoms. The predicted octanol–water partition coefficient (Wildman–Crippen LogP) is 2.26. The molecule has 2 aliphatic rings. The minimum atomic E-state index is -0.639. The van der Waals surface area contributed by atoms with Gasteiger partial charge in [0.05, 0.1) is 6.10 Å². The van der Waals surface area contributed by atoms with Crippen LogP contribution < -0.4 is 5.32 Å². The van der Waals surface area contributed by atoms with E-state index in [-0.39, 0.29) is 70.6 Å². The van der Waals surface area contributed by atoms with Crippen molar-refractivity contribution in [3.05, 3.63) is 35.9 Å². The predicted molar refractivity (Wildman–Crippen MR) is 120 cm³/mol. The minimum Gasteiger partial charge on any atom is -0.368 e. The van der Waals surface area contributed by atoms with Gasteiger partial charge in [0.15, 0.2) is 5.78 Å². The lowest BCUT2D eigenvalue weighted by molar-refractivity contribution is -0.138. The van der Waals surface area contributed by atoms with E-state index in [1.54, 1.807) is 29.2 Å². The zero-order valence-corrected chi connectivity index (χ0v) is 17.6. The molecular weight excluding hydrogens is 396 g/mol. The van der Waals surface area contributed by atoms with Crippen LogP contribution in [0.25, 0.3) is 0 Å². The number of Topliss-reactive ketones (excluding diaryl/α,β-unsaturated/α-hetero) is 1. The van der Waals surface area contributed by atoms with E-state index in [0.717, 1.165) is 0 Å². The van der Waals surface area contributed by atoms with Gasteiger partial charge in [0.25, 0.3) is 5.91 Å². The molecule has 3 atom stereocenters. The first-order valence-corrected chi connectivity index (χ1v) is 8.78. The van der Waals surface area contributed by atoms with Crippen LogP contribution in [-0.2, 0) is 14.3 Å². The average Bonchev–Trinajstić information content (AvgIpc) is 3.17. The van der Waals surface area contributed by atoms with Crippen molar-refractivity contribution < 1.29 is 19.1 Å². The van der Waals surface area contributed by atoms with Crippen molar-refractivity contribution in [2.45, 2.75) is 52.3 Å². The molecule has 2 amide bonds. The summed E-state index contributed by atoms with van der Waals surface area (Å²) in [4.78, 5) is 39.2. The third kappa shape index (κ3) is 5.75. The second-order valence-electron chi connectivity index (χ2n) is 7.10. The van der Waals surface area contributed by atoms with Crippen LogP contribution in [0.5, 0.6) is 0 Å². The number of rotatable bonds is 5. The number of amides is 2. The van der Waals surface area contributed by atoms with Crippen molar-refractivity contribution in [2.24, 2.45) is 5.92 Å². The highest BCUT2D eigenvalue weighted by atomic mass is 32.1. The minimum absolute atomic E-state index is 0. The van der Waals surface area contributed by atoms with Crippen LogP contribution in [0.1, 0.15) is 44.5 Å². The number of hydrogen-bond donors (Lipinski definition) is 1. The summed E-state index contributed by atoms with van der Waals surface area (Å²) in [6, 6.07) is 7.71. The normalized spacial score (nSPS) is 21.1. The Bertz CT molecular complexity index is 669. The molecule has 3 rings (SSSR count). The average molecular weight is 429 g/mol. The molecule has 158 valence electrons. The SMILES string of the molecule is C.CC(C)C[C@H](NC(=O)c1ccccc1)C(=O)N1CC[C@H]2OCC(=O)[C@H]21.S.S. The lowest BCUT2D eigenvalue weighted by Crippen LogP contribution is -2.52. The van der Waals surface area contributed by atoms with Crippen LogP contribution in [0, 0.1) is 5.92 Å². The van der Waals surface area contributed by atoms with Crippen molar-refractivity contribution in [2.75, 3.05) is 13.2 Å². The van der Waals surface area contributed by atoms with Gasteiger partial charge in [-0.2, -0.15) is 27.0 Å². The zero-order chi connectivity index (χ0) is 18.0. The number of carbonyl (C=O) groups excluding carboxylic acids is 3. The molecule has 28 heavy (non-hydrogen) atoms. The quantitative estimate of drug-likeness (QED) is 0.781. The molecule has 1 N–H and O–H groups in total. The van der Waals surface area contributed by atoms with Crippen LogP contribution in [0.2, 0.25) is 0 Å². The van der Waals surface area contributed by atoms with Gasteiger partial charge in [0.1, 0.15) is 18.7 Å². The summed E-state index contributed by atoms with van der Waals surface area (Å²) < 4.78 is 5.45. The highest BCUT2D eigenvalue weighted by Gasteiger charge is 2.48. The summed E-state index contributed by atoms with van der Waals surface area (Å²) in [5.41, 5.74) is 0.517. The van der Waals surface area contributed by atoms with E-state index < -0.39 is 12.1 Å². The maximum Gasteiger partial charge on any atom is 0.251 e. The lowest BCUT2D eigenvalue weighted by atomic mass is 10.0. The van der Waals surface area contributed by atoms with Gasteiger partial charge < -0.3 is 15.0 Å².